The van der Waals surface area contributed by atoms with Crippen LogP contribution in [0.2, 0.25) is 0 Å². The van der Waals surface area contributed by atoms with Crippen LogP contribution in [-0.4, -0.2) is 78.2 Å². The van der Waals surface area contributed by atoms with Gasteiger partial charge < -0.3 is 25.0 Å². The average Bonchev–Trinajstić information content (AvgIpc) is 4.09. The molecule has 58 heavy (non-hydrogen) atoms. The van der Waals surface area contributed by atoms with E-state index in [0.29, 0.717) is 58.6 Å². The van der Waals surface area contributed by atoms with E-state index < -0.39 is 62.4 Å². The fourth-order valence-electron chi connectivity index (χ4n) is 7.83. The number of alkyl halides is 1. The molecule has 1 aromatic heterocycles. The highest BCUT2D eigenvalue weighted by Crippen LogP contribution is 2.48. The highest BCUT2D eigenvalue weighted by atomic mass is 32.2. The van der Waals surface area contributed by atoms with Crippen LogP contribution >= 0.6 is 0 Å². The van der Waals surface area contributed by atoms with Crippen LogP contribution in [0.4, 0.5) is 10.1 Å². The van der Waals surface area contributed by atoms with Gasteiger partial charge in [-0.2, -0.15) is 0 Å². The van der Waals surface area contributed by atoms with Crippen molar-refractivity contribution in [2.24, 2.45) is 11.3 Å². The molecule has 2 saturated carbocycles. The van der Waals surface area contributed by atoms with Crippen LogP contribution in [0, 0.1) is 11.3 Å². The third kappa shape index (κ3) is 8.07. The van der Waals surface area contributed by atoms with Crippen molar-refractivity contribution in [3.63, 3.8) is 0 Å². The number of hydrogen-bond acceptors (Lipinski definition) is 9. The lowest BCUT2D eigenvalue weighted by Gasteiger charge is -2.36. The van der Waals surface area contributed by atoms with E-state index >= 15 is 0 Å². The van der Waals surface area contributed by atoms with E-state index in [1.807, 2.05) is 82.3 Å². The molecule has 5 atom stereocenters. The number of ether oxygens (including phenoxy) is 2. The number of halogens is 1. The normalized spacial score (nSPS) is 22.8. The van der Waals surface area contributed by atoms with Crippen LogP contribution in [0.15, 0.2) is 78.9 Å². The molecule has 0 radical (unpaired) electrons. The van der Waals surface area contributed by atoms with Crippen LogP contribution in [-0.2, 0) is 31.1 Å². The minimum Gasteiger partial charge on any atom is -0.497 e. The first-order valence-corrected chi connectivity index (χ1v) is 21.3. The van der Waals surface area contributed by atoms with E-state index in [1.54, 1.807) is 38.3 Å². The fourth-order valence-corrected chi connectivity index (χ4v) is 9.14. The van der Waals surface area contributed by atoms with Gasteiger partial charge in [-0.05, 0) is 67.3 Å². The van der Waals surface area contributed by atoms with Crippen molar-refractivity contribution in [2.75, 3.05) is 19.0 Å². The molecule has 0 unspecified atom stereocenters. The molecule has 4 aromatic rings. The van der Waals surface area contributed by atoms with Gasteiger partial charge in [-0.15, -0.1) is 0 Å². The summed E-state index contributed by atoms with van der Waals surface area (Å²) in [7, 11) is -2.39. The summed E-state index contributed by atoms with van der Waals surface area (Å²) in [6, 6.07) is 21.8. The van der Waals surface area contributed by atoms with Gasteiger partial charge >= 0.3 is 0 Å². The van der Waals surface area contributed by atoms with Gasteiger partial charge in [-0.3, -0.25) is 19.1 Å². The van der Waals surface area contributed by atoms with Crippen LogP contribution in [0.3, 0.4) is 0 Å². The van der Waals surface area contributed by atoms with E-state index in [-0.39, 0.29) is 31.2 Å². The zero-order valence-corrected chi connectivity index (χ0v) is 34.6. The molecule has 7 rings (SSSR count). The number of carbonyl (C=O) groups excluding carboxylic acids is 3. The van der Waals surface area contributed by atoms with Gasteiger partial charge in [0.1, 0.15) is 41.9 Å². The Hall–Kier alpha value is -5.24. The number of nitrogens with one attached hydrogen (secondary N) is 3. The Kier molecular flexibility index (Phi) is 10.9. The molecule has 1 saturated heterocycles. The maximum atomic E-state index is 14.9. The van der Waals surface area contributed by atoms with Gasteiger partial charge in [-0.1, -0.05) is 76.6 Å². The number of pyridine rings is 1. The predicted molar refractivity (Wildman–Crippen MR) is 220 cm³/mol. The second-order valence-electron chi connectivity index (χ2n) is 17.2. The number of hydrogen-bond donors (Lipinski definition) is 3. The fraction of sp³-hybridized carbons (Fsp3) is 0.455. The third-order valence-corrected chi connectivity index (χ3v) is 14.0. The third-order valence-electron chi connectivity index (χ3n) is 11.9. The van der Waals surface area contributed by atoms with E-state index in [9.17, 15) is 27.2 Å². The lowest BCUT2D eigenvalue weighted by molar-refractivity contribution is -0.141. The SMILES string of the molecule is CC[C@@H]1C[C@]1(NC(=O)[C@@H]1C[C@@H](Oc2cc(-c3ccccc3)nc3cc(OC)ccc23)CN1C(=O)[C@@H](Nc1cccc(CF)c1)C(C)(C)C)C(=O)NS(=O)(=O)C1(C)CC1. The van der Waals surface area contributed by atoms with E-state index in [2.05, 4.69) is 15.4 Å². The summed E-state index contributed by atoms with van der Waals surface area (Å²) in [4.78, 5) is 49.7. The topological polar surface area (TPSA) is 156 Å². The Morgan fingerprint density at radius 1 is 1.02 bits per heavy atom. The number of nitrogens with zero attached hydrogens (tertiary/aromatic N) is 2. The van der Waals surface area contributed by atoms with Gasteiger partial charge in [0.2, 0.25) is 21.8 Å². The Morgan fingerprint density at radius 2 is 1.76 bits per heavy atom. The molecule has 0 spiro atoms. The number of likely N-dealkylation sites (tertiary alicyclic amines) is 1. The zero-order chi connectivity index (χ0) is 41.6. The largest absolute Gasteiger partial charge is 0.497 e. The summed E-state index contributed by atoms with van der Waals surface area (Å²) in [5.74, 6) is -0.906. The Balaban J connectivity index is 1.23. The van der Waals surface area contributed by atoms with Crippen molar-refractivity contribution in [3.05, 3.63) is 84.4 Å². The highest BCUT2D eigenvalue weighted by molar-refractivity contribution is 7.91. The molecule has 3 aromatic carbocycles. The minimum atomic E-state index is -3.97. The van der Waals surface area contributed by atoms with Crippen LogP contribution in [0.5, 0.6) is 11.5 Å². The second kappa shape index (κ2) is 15.5. The number of fused-ring (bicyclic) bond motifs is 1. The number of carbonyl (C=O) groups is 3. The average molecular weight is 814 g/mol. The maximum absolute atomic E-state index is 14.9. The first-order valence-electron chi connectivity index (χ1n) is 19.8. The molecule has 2 aliphatic carbocycles. The molecule has 3 aliphatic rings. The smallest absolute Gasteiger partial charge is 0.259 e. The maximum Gasteiger partial charge on any atom is 0.259 e. The molecular formula is C44H52FN5O7S. The number of rotatable bonds is 14. The number of methoxy groups -OCH3 is 1. The molecule has 3 fully saturated rings. The number of sulfonamides is 1. The first-order chi connectivity index (χ1) is 27.5. The summed E-state index contributed by atoms with van der Waals surface area (Å²) in [6.45, 7) is 8.54. The van der Waals surface area contributed by atoms with Crippen molar-refractivity contribution in [1.82, 2.24) is 19.9 Å². The summed E-state index contributed by atoms with van der Waals surface area (Å²) < 4.78 is 53.5. The second-order valence-corrected chi connectivity index (χ2v) is 19.4. The molecule has 308 valence electrons. The van der Waals surface area contributed by atoms with Crippen molar-refractivity contribution < 1.29 is 36.7 Å². The summed E-state index contributed by atoms with van der Waals surface area (Å²) in [5.41, 5.74) is 1.03. The Morgan fingerprint density at radius 3 is 2.40 bits per heavy atom. The molecule has 3 N–H and O–H groups in total. The van der Waals surface area contributed by atoms with Crippen molar-refractivity contribution in [3.8, 4) is 22.8 Å². The number of aromatic nitrogens is 1. The lowest BCUT2D eigenvalue weighted by atomic mass is 9.85. The van der Waals surface area contributed by atoms with Crippen LogP contribution in [0.25, 0.3) is 22.2 Å². The molecular weight excluding hydrogens is 762 g/mol. The molecule has 3 amide bonds. The van der Waals surface area contributed by atoms with Crippen LogP contribution in [0.1, 0.15) is 72.3 Å². The minimum absolute atomic E-state index is 0.0273. The van der Waals surface area contributed by atoms with Gasteiger partial charge in [-0.25, -0.2) is 17.8 Å². The Bertz CT molecular complexity index is 2330. The summed E-state index contributed by atoms with van der Waals surface area (Å²) >= 11 is 0. The summed E-state index contributed by atoms with van der Waals surface area (Å²) in [5, 5.41) is 6.96. The monoisotopic (exact) mass is 813 g/mol. The molecule has 0 bridgehead atoms. The standard InChI is InChI=1S/C44H52FN5O7S/c1-7-29-24-44(29,41(53)49-58(54,55)43(5)18-19-43)48-39(51)36-22-32(26-50(36)40(52)38(42(2,3)4)46-30-15-11-12-27(20-30)25-45)57-37-23-34(28-13-9-8-10-14-28)47-35-21-31(56-6)16-17-33(35)37/h8-17,20-21,23,29,32,36,38,46H,7,18-19,22,24-26H2,1-6H3,(H,48,51)(H,49,53)/t29-,32-,36+,38-,44-/m1/s1. The van der Waals surface area contributed by atoms with Crippen LogP contribution < -0.4 is 24.8 Å². The lowest BCUT2D eigenvalue weighted by Crippen LogP contribution is -2.59. The van der Waals surface area contributed by atoms with Crippen molar-refractivity contribution in [1.29, 1.82) is 0 Å². The molecule has 12 nitrogen and oxygen atoms in total. The van der Waals surface area contributed by atoms with E-state index in [0.717, 1.165) is 5.56 Å². The number of benzene rings is 3. The molecule has 14 heteroatoms. The highest BCUT2D eigenvalue weighted by Gasteiger charge is 2.63. The van der Waals surface area contributed by atoms with E-state index in [4.69, 9.17) is 14.5 Å². The van der Waals surface area contributed by atoms with Gasteiger partial charge in [0, 0.05) is 35.2 Å². The zero-order valence-electron chi connectivity index (χ0n) is 33.8. The molecule has 1 aliphatic heterocycles. The predicted octanol–water partition coefficient (Wildman–Crippen LogP) is 6.54. The van der Waals surface area contributed by atoms with Gasteiger partial charge in [0.05, 0.1) is 29.6 Å². The van der Waals surface area contributed by atoms with Crippen molar-refractivity contribution >= 4 is 44.3 Å². The molecule has 2 heterocycles. The Labute approximate surface area is 339 Å². The van der Waals surface area contributed by atoms with Crippen molar-refractivity contribution in [2.45, 2.75) is 102 Å². The van der Waals surface area contributed by atoms with E-state index in [1.165, 1.54) is 4.90 Å². The number of amides is 3. The van der Waals surface area contributed by atoms with Gasteiger partial charge in [0.25, 0.3) is 5.91 Å². The first kappa shape index (κ1) is 40.9. The number of anilines is 1. The van der Waals surface area contributed by atoms with Gasteiger partial charge in [0.15, 0.2) is 0 Å². The summed E-state index contributed by atoms with van der Waals surface area (Å²) in [6.07, 6.45) is 1.09. The quantitative estimate of drug-likeness (QED) is 0.129.